The molecule has 7 nitrogen and oxygen atoms in total. The largest absolute Gasteiger partial charge is 0.497 e. The van der Waals surface area contributed by atoms with Gasteiger partial charge in [0.2, 0.25) is 5.91 Å². The van der Waals surface area contributed by atoms with E-state index in [4.69, 9.17) is 4.74 Å². The van der Waals surface area contributed by atoms with E-state index in [-0.39, 0.29) is 11.8 Å². The molecular weight excluding hydrogens is 332 g/mol. The second-order valence-corrected chi connectivity index (χ2v) is 6.13. The molecule has 26 heavy (non-hydrogen) atoms. The van der Waals surface area contributed by atoms with Crippen LogP contribution in [-0.4, -0.2) is 64.7 Å². The molecule has 0 atom stereocenters. The highest BCUT2D eigenvalue weighted by molar-refractivity contribution is 5.95. The zero-order valence-corrected chi connectivity index (χ0v) is 15.0. The first-order chi connectivity index (χ1) is 12.6. The predicted octanol–water partition coefficient (Wildman–Crippen LogP) is 1.43. The van der Waals surface area contributed by atoms with E-state index in [0.717, 1.165) is 5.56 Å². The number of piperazine rings is 1. The molecule has 1 fully saturated rings. The van der Waals surface area contributed by atoms with Crippen molar-refractivity contribution in [2.24, 2.45) is 7.05 Å². The summed E-state index contributed by atoms with van der Waals surface area (Å²) >= 11 is 0. The molecule has 1 aromatic carbocycles. The van der Waals surface area contributed by atoms with E-state index in [1.807, 2.05) is 19.3 Å². The van der Waals surface area contributed by atoms with Crippen molar-refractivity contribution < 1.29 is 14.3 Å². The van der Waals surface area contributed by atoms with Crippen LogP contribution in [0, 0.1) is 0 Å². The van der Waals surface area contributed by atoms with E-state index in [1.165, 1.54) is 0 Å². The van der Waals surface area contributed by atoms with E-state index in [1.54, 1.807) is 58.1 Å². The molecule has 136 valence electrons. The molecule has 1 aromatic heterocycles. The first-order valence-corrected chi connectivity index (χ1v) is 8.46. The van der Waals surface area contributed by atoms with Crippen LogP contribution in [0.1, 0.15) is 15.9 Å². The maximum absolute atomic E-state index is 12.6. The molecule has 0 aliphatic carbocycles. The zero-order valence-electron chi connectivity index (χ0n) is 15.0. The number of benzene rings is 1. The highest BCUT2D eigenvalue weighted by Crippen LogP contribution is 2.15. The van der Waals surface area contributed by atoms with Crippen molar-refractivity contribution >= 4 is 17.9 Å². The number of aryl methyl sites for hydroxylation is 1. The van der Waals surface area contributed by atoms with Crippen LogP contribution in [-0.2, 0) is 11.8 Å². The van der Waals surface area contributed by atoms with E-state index in [2.05, 4.69) is 5.10 Å². The number of methoxy groups -OCH3 is 1. The van der Waals surface area contributed by atoms with Crippen molar-refractivity contribution in [1.82, 2.24) is 19.6 Å². The Morgan fingerprint density at radius 1 is 1.15 bits per heavy atom. The molecule has 0 N–H and O–H groups in total. The molecule has 1 aliphatic heterocycles. The Morgan fingerprint density at radius 3 is 2.54 bits per heavy atom. The lowest BCUT2D eigenvalue weighted by Crippen LogP contribution is -2.50. The highest BCUT2D eigenvalue weighted by Gasteiger charge is 2.24. The van der Waals surface area contributed by atoms with Crippen LogP contribution in [0.2, 0.25) is 0 Å². The number of ether oxygens (including phenoxy) is 1. The fourth-order valence-corrected chi connectivity index (χ4v) is 2.87. The fourth-order valence-electron chi connectivity index (χ4n) is 2.87. The Hall–Kier alpha value is -3.09. The molecule has 0 unspecified atom stereocenters. The first kappa shape index (κ1) is 17.7. The third kappa shape index (κ3) is 4.11. The topological polar surface area (TPSA) is 67.7 Å². The number of amides is 2. The lowest BCUT2D eigenvalue weighted by molar-refractivity contribution is -0.127. The summed E-state index contributed by atoms with van der Waals surface area (Å²) in [6.07, 6.45) is 6.85. The van der Waals surface area contributed by atoms with E-state index in [9.17, 15) is 9.59 Å². The van der Waals surface area contributed by atoms with Crippen LogP contribution in [0.3, 0.4) is 0 Å². The summed E-state index contributed by atoms with van der Waals surface area (Å²) in [5, 5.41) is 4.06. The van der Waals surface area contributed by atoms with Gasteiger partial charge in [-0.25, -0.2) is 0 Å². The summed E-state index contributed by atoms with van der Waals surface area (Å²) in [6.45, 7) is 2.07. The Bertz CT molecular complexity index is 820. The third-order valence-corrected chi connectivity index (χ3v) is 4.34. The SMILES string of the molecule is COc1cccc(C(=O)N2CCN(C(=O)/C=C/c3cnn(C)c3)CC2)c1. The van der Waals surface area contributed by atoms with Gasteiger partial charge >= 0.3 is 0 Å². The summed E-state index contributed by atoms with van der Waals surface area (Å²) < 4.78 is 6.86. The average molecular weight is 354 g/mol. The Kier molecular flexibility index (Phi) is 5.36. The molecular formula is C19H22N4O3. The summed E-state index contributed by atoms with van der Waals surface area (Å²) in [4.78, 5) is 28.4. The van der Waals surface area contributed by atoms with Gasteiger partial charge in [-0.15, -0.1) is 0 Å². The van der Waals surface area contributed by atoms with E-state index in [0.29, 0.717) is 37.5 Å². The normalized spacial score (nSPS) is 14.7. The minimum absolute atomic E-state index is 0.0399. The van der Waals surface area contributed by atoms with Crippen LogP contribution in [0.5, 0.6) is 5.75 Å². The summed E-state index contributed by atoms with van der Waals surface area (Å²) in [6, 6.07) is 7.12. The molecule has 0 saturated carbocycles. The number of aromatic nitrogens is 2. The monoisotopic (exact) mass is 354 g/mol. The minimum atomic E-state index is -0.0534. The minimum Gasteiger partial charge on any atom is -0.497 e. The fraction of sp³-hybridized carbons (Fsp3) is 0.316. The second-order valence-electron chi connectivity index (χ2n) is 6.13. The maximum Gasteiger partial charge on any atom is 0.254 e. The van der Waals surface area contributed by atoms with Crippen molar-refractivity contribution in [1.29, 1.82) is 0 Å². The molecule has 2 heterocycles. The van der Waals surface area contributed by atoms with Gasteiger partial charge in [-0.1, -0.05) is 6.07 Å². The van der Waals surface area contributed by atoms with Crippen molar-refractivity contribution in [2.75, 3.05) is 33.3 Å². The van der Waals surface area contributed by atoms with Crippen LogP contribution in [0.4, 0.5) is 0 Å². The first-order valence-electron chi connectivity index (χ1n) is 8.46. The van der Waals surface area contributed by atoms with Crippen molar-refractivity contribution in [3.63, 3.8) is 0 Å². The lowest BCUT2D eigenvalue weighted by atomic mass is 10.1. The summed E-state index contributed by atoms with van der Waals surface area (Å²) in [5.74, 6) is 0.564. The number of hydrogen-bond donors (Lipinski definition) is 0. The van der Waals surface area contributed by atoms with Crippen molar-refractivity contribution in [3.05, 3.63) is 53.9 Å². The van der Waals surface area contributed by atoms with Gasteiger partial charge in [0.1, 0.15) is 5.75 Å². The number of hydrogen-bond acceptors (Lipinski definition) is 4. The highest BCUT2D eigenvalue weighted by atomic mass is 16.5. The lowest BCUT2D eigenvalue weighted by Gasteiger charge is -2.34. The predicted molar refractivity (Wildman–Crippen MR) is 97.7 cm³/mol. The van der Waals surface area contributed by atoms with Crippen LogP contribution in [0.15, 0.2) is 42.7 Å². The number of nitrogens with zero attached hydrogens (tertiary/aromatic N) is 4. The number of rotatable bonds is 4. The standard InChI is InChI=1S/C19H22N4O3/c1-21-14-15(13-20-21)6-7-18(24)22-8-10-23(11-9-22)19(25)16-4-3-5-17(12-16)26-2/h3-7,12-14H,8-11H2,1-2H3/b7-6+. The Labute approximate surface area is 152 Å². The summed E-state index contributed by atoms with van der Waals surface area (Å²) in [5.41, 5.74) is 1.48. The van der Waals surface area contributed by atoms with Gasteiger partial charge < -0.3 is 14.5 Å². The van der Waals surface area contributed by atoms with Gasteiger partial charge in [0.25, 0.3) is 5.91 Å². The van der Waals surface area contributed by atoms with Crippen molar-refractivity contribution in [2.45, 2.75) is 0 Å². The zero-order chi connectivity index (χ0) is 18.5. The third-order valence-electron chi connectivity index (χ3n) is 4.34. The molecule has 2 aromatic rings. The maximum atomic E-state index is 12.6. The molecule has 3 rings (SSSR count). The quantitative estimate of drug-likeness (QED) is 0.779. The van der Waals surface area contributed by atoms with Crippen LogP contribution >= 0.6 is 0 Å². The molecule has 1 saturated heterocycles. The van der Waals surface area contributed by atoms with Gasteiger partial charge in [-0.05, 0) is 24.3 Å². The molecule has 2 amide bonds. The molecule has 0 radical (unpaired) electrons. The molecule has 1 aliphatic rings. The molecule has 0 spiro atoms. The number of carbonyl (C=O) groups is 2. The van der Waals surface area contributed by atoms with Crippen molar-refractivity contribution in [3.8, 4) is 5.75 Å². The molecule has 0 bridgehead atoms. The Morgan fingerprint density at radius 2 is 1.88 bits per heavy atom. The number of carbonyl (C=O) groups excluding carboxylic acids is 2. The van der Waals surface area contributed by atoms with Crippen LogP contribution < -0.4 is 4.74 Å². The van der Waals surface area contributed by atoms with Gasteiger partial charge in [0.15, 0.2) is 0 Å². The van der Waals surface area contributed by atoms with Gasteiger partial charge in [0.05, 0.1) is 13.3 Å². The smallest absolute Gasteiger partial charge is 0.254 e. The van der Waals surface area contributed by atoms with Gasteiger partial charge in [-0.2, -0.15) is 5.10 Å². The summed E-state index contributed by atoms with van der Waals surface area (Å²) in [7, 11) is 3.41. The van der Waals surface area contributed by atoms with E-state index >= 15 is 0 Å². The van der Waals surface area contributed by atoms with Gasteiger partial charge in [-0.3, -0.25) is 14.3 Å². The molecule has 7 heteroatoms. The second kappa shape index (κ2) is 7.86. The Balaban J connectivity index is 1.55. The average Bonchev–Trinajstić information content (AvgIpc) is 3.11. The van der Waals surface area contributed by atoms with E-state index < -0.39 is 0 Å². The van der Waals surface area contributed by atoms with Crippen LogP contribution in [0.25, 0.3) is 6.08 Å². The van der Waals surface area contributed by atoms with Gasteiger partial charge in [0, 0.05) is 56.6 Å².